The summed E-state index contributed by atoms with van der Waals surface area (Å²) in [7, 11) is 0. The fraction of sp³-hybridized carbons (Fsp3) is 0.676. The first-order chi connectivity index (χ1) is 22.4. The number of ether oxygens (including phenoxy) is 5. The van der Waals surface area contributed by atoms with Gasteiger partial charge in [0.2, 0.25) is 0 Å². The van der Waals surface area contributed by atoms with Crippen LogP contribution in [-0.2, 0) is 33.3 Å². The minimum atomic E-state index is -2.18. The molecule has 0 aromatic heterocycles. The van der Waals surface area contributed by atoms with E-state index in [1.165, 1.54) is 26.0 Å². The maximum atomic E-state index is 15.0. The summed E-state index contributed by atoms with van der Waals surface area (Å²) in [5.41, 5.74) is -6.93. The van der Waals surface area contributed by atoms with E-state index >= 15 is 4.79 Å². The molecule has 3 aliphatic carbocycles. The van der Waals surface area contributed by atoms with Gasteiger partial charge in [0.15, 0.2) is 17.7 Å². The van der Waals surface area contributed by atoms with E-state index in [2.05, 4.69) is 0 Å². The van der Waals surface area contributed by atoms with Gasteiger partial charge in [-0.05, 0) is 37.1 Å². The lowest BCUT2D eigenvalue weighted by molar-refractivity contribution is -0.366. The monoisotopic (exact) mass is 676 g/mol. The van der Waals surface area contributed by atoms with E-state index < -0.39 is 107 Å². The van der Waals surface area contributed by atoms with Crippen LogP contribution in [0.2, 0.25) is 0 Å². The molecule has 2 saturated heterocycles. The smallest absolute Gasteiger partial charge is 0.338 e. The number of esters is 2. The summed E-state index contributed by atoms with van der Waals surface area (Å²) in [6, 6.07) is 7.95. The normalized spacial score (nSPS) is 45.1. The van der Waals surface area contributed by atoms with Gasteiger partial charge in [-0.15, -0.1) is 0 Å². The predicted molar refractivity (Wildman–Crippen MR) is 162 cm³/mol. The number of aliphatic hydroxyl groups is 6. The van der Waals surface area contributed by atoms with Crippen LogP contribution in [0.15, 0.2) is 41.5 Å². The molecule has 14 nitrogen and oxygen atoms in total. The first-order valence-corrected chi connectivity index (χ1v) is 16.1. The number of hydrogen-bond acceptors (Lipinski definition) is 14. The van der Waals surface area contributed by atoms with Crippen molar-refractivity contribution in [2.24, 2.45) is 16.7 Å². The number of fused-ring (bicyclic) bond motifs is 5. The van der Waals surface area contributed by atoms with Crippen LogP contribution in [0.25, 0.3) is 0 Å². The third kappa shape index (κ3) is 4.91. The van der Waals surface area contributed by atoms with Gasteiger partial charge in [0.1, 0.15) is 42.2 Å². The van der Waals surface area contributed by atoms with Crippen molar-refractivity contribution in [1.82, 2.24) is 0 Å². The Kier molecular flexibility index (Phi) is 8.71. The van der Waals surface area contributed by atoms with Gasteiger partial charge in [0, 0.05) is 25.2 Å². The molecule has 264 valence electrons. The summed E-state index contributed by atoms with van der Waals surface area (Å²) >= 11 is 0. The second kappa shape index (κ2) is 11.9. The van der Waals surface area contributed by atoms with Crippen molar-refractivity contribution < 1.29 is 68.7 Å². The molecule has 2 heterocycles. The van der Waals surface area contributed by atoms with E-state index in [-0.39, 0.29) is 36.2 Å². The summed E-state index contributed by atoms with van der Waals surface area (Å²) in [5.74, 6) is -3.93. The van der Waals surface area contributed by atoms with Crippen molar-refractivity contribution in [2.75, 3.05) is 13.2 Å². The number of rotatable bonds is 5. The van der Waals surface area contributed by atoms with Gasteiger partial charge in [-0.1, -0.05) is 32.0 Å². The van der Waals surface area contributed by atoms with Crippen LogP contribution < -0.4 is 0 Å². The minimum Gasteiger partial charge on any atom is -0.455 e. The number of ketones is 1. The van der Waals surface area contributed by atoms with E-state index in [1.807, 2.05) is 0 Å². The fourth-order valence-electron chi connectivity index (χ4n) is 8.90. The maximum Gasteiger partial charge on any atom is 0.338 e. The molecule has 2 saturated carbocycles. The number of carbonyl (C=O) groups is 3. The molecule has 1 aromatic carbocycles. The van der Waals surface area contributed by atoms with Gasteiger partial charge in [-0.25, -0.2) is 4.79 Å². The highest BCUT2D eigenvalue weighted by atomic mass is 16.7. The van der Waals surface area contributed by atoms with Gasteiger partial charge in [0.25, 0.3) is 0 Å². The van der Waals surface area contributed by atoms with Crippen LogP contribution in [0.3, 0.4) is 0 Å². The van der Waals surface area contributed by atoms with Crippen molar-refractivity contribution in [3.8, 4) is 0 Å². The van der Waals surface area contributed by atoms with E-state index in [9.17, 15) is 40.2 Å². The number of benzene rings is 1. The van der Waals surface area contributed by atoms with Crippen LogP contribution in [0.5, 0.6) is 0 Å². The van der Waals surface area contributed by atoms with Crippen molar-refractivity contribution in [3.05, 3.63) is 47.0 Å². The van der Waals surface area contributed by atoms with Crippen LogP contribution in [0.1, 0.15) is 57.8 Å². The largest absolute Gasteiger partial charge is 0.455 e. The van der Waals surface area contributed by atoms with Crippen molar-refractivity contribution in [2.45, 2.75) is 114 Å². The highest BCUT2D eigenvalue weighted by molar-refractivity contribution is 5.94. The second-order valence-corrected chi connectivity index (χ2v) is 14.5. The van der Waals surface area contributed by atoms with Crippen LogP contribution in [0, 0.1) is 16.7 Å². The van der Waals surface area contributed by atoms with Gasteiger partial charge in [-0.3, -0.25) is 9.59 Å². The molecule has 1 aromatic rings. The molecule has 4 fully saturated rings. The molecule has 0 spiro atoms. The summed E-state index contributed by atoms with van der Waals surface area (Å²) in [6.45, 7) is 6.67. The summed E-state index contributed by atoms with van der Waals surface area (Å²) in [6.07, 6.45) is -14.2. The van der Waals surface area contributed by atoms with E-state index in [0.717, 1.165) is 0 Å². The zero-order valence-corrected chi connectivity index (χ0v) is 27.4. The Morgan fingerprint density at radius 1 is 0.979 bits per heavy atom. The van der Waals surface area contributed by atoms with Gasteiger partial charge in [-0.2, -0.15) is 0 Å². The fourth-order valence-corrected chi connectivity index (χ4v) is 8.90. The lowest BCUT2D eigenvalue weighted by atomic mass is 9.44. The highest BCUT2D eigenvalue weighted by Gasteiger charge is 2.78. The van der Waals surface area contributed by atoms with Crippen LogP contribution >= 0.6 is 0 Å². The quantitative estimate of drug-likeness (QED) is 0.172. The van der Waals surface area contributed by atoms with E-state index in [1.54, 1.807) is 39.0 Å². The SMILES string of the molecule is CC(=O)OC12COC1CC(O[C@@H]1OC[C@@H](O)[C@H](O)[C@H]1O)C1(C)C(=O)C(O)C3=C(C)C(O)CC(O)(C(OC(=O)c4ccccc4)C21)C3(C)C. The summed E-state index contributed by atoms with van der Waals surface area (Å²) in [4.78, 5) is 41.7. The second-order valence-electron chi connectivity index (χ2n) is 14.5. The van der Waals surface area contributed by atoms with Crippen molar-refractivity contribution in [1.29, 1.82) is 0 Å². The average molecular weight is 677 g/mol. The molecule has 2 bridgehead atoms. The molecule has 0 radical (unpaired) electrons. The standard InChI is InChI=1S/C34H44O14/c1-15-18(36)12-34(43)28(47-29(42)17-9-7-6-8-10-17)26-32(5,27(41)24(39)22(15)31(34,3)4)20(11-21-33(26,14-45-21)48-16(2)35)46-30-25(40)23(38)19(37)13-44-30/h6-10,18-21,23-26,28,30,36-40,43H,11-14H2,1-5H3/t18?,19-,20?,21?,23+,24?,25-,26?,28?,30+,32?,33?,34?/m1/s1. The molecular weight excluding hydrogens is 632 g/mol. The predicted octanol–water partition coefficient (Wildman–Crippen LogP) is -0.455. The molecule has 9 unspecified atom stereocenters. The zero-order chi connectivity index (χ0) is 35.1. The first kappa shape index (κ1) is 35.1. The number of carbonyl (C=O) groups excluding carboxylic acids is 3. The average Bonchev–Trinajstić information content (AvgIpc) is 3.02. The third-order valence-corrected chi connectivity index (χ3v) is 11.7. The number of aliphatic hydroxyl groups excluding tert-OH is 5. The van der Waals surface area contributed by atoms with E-state index in [0.29, 0.717) is 0 Å². The van der Waals surface area contributed by atoms with E-state index in [4.69, 9.17) is 23.7 Å². The Hall–Kier alpha value is -2.79. The first-order valence-electron chi connectivity index (χ1n) is 16.1. The molecule has 14 heteroatoms. The Bertz CT molecular complexity index is 1490. The molecule has 6 N–H and O–H groups in total. The summed E-state index contributed by atoms with van der Waals surface area (Å²) in [5, 5.41) is 67.5. The Balaban J connectivity index is 1.59. The van der Waals surface area contributed by atoms with Gasteiger partial charge >= 0.3 is 11.9 Å². The Labute approximate surface area is 277 Å². The molecule has 6 rings (SSSR count). The third-order valence-electron chi connectivity index (χ3n) is 11.7. The van der Waals surface area contributed by atoms with Gasteiger partial charge < -0.3 is 54.3 Å². The van der Waals surface area contributed by atoms with Crippen molar-refractivity contribution >= 4 is 17.7 Å². The molecule has 13 atom stereocenters. The molecule has 0 amide bonds. The zero-order valence-electron chi connectivity index (χ0n) is 27.4. The number of Topliss-reactive ketones (excluding diaryl/α,β-unsaturated/α-hetero) is 1. The Morgan fingerprint density at radius 2 is 1.65 bits per heavy atom. The van der Waals surface area contributed by atoms with Gasteiger partial charge in [0.05, 0.1) is 42.3 Å². The molecule has 5 aliphatic rings. The van der Waals surface area contributed by atoms with Crippen molar-refractivity contribution in [3.63, 3.8) is 0 Å². The lowest BCUT2D eigenvalue weighted by Crippen LogP contribution is -2.82. The number of hydrogen-bond donors (Lipinski definition) is 6. The Morgan fingerprint density at radius 3 is 2.25 bits per heavy atom. The van der Waals surface area contributed by atoms with Crippen LogP contribution in [-0.4, -0.2) is 128 Å². The molecule has 2 aliphatic heterocycles. The molecular formula is C34H44O14. The summed E-state index contributed by atoms with van der Waals surface area (Å²) < 4.78 is 30.0. The maximum absolute atomic E-state index is 15.0. The highest BCUT2D eigenvalue weighted by Crippen LogP contribution is 2.64. The topological polar surface area (TPSA) is 219 Å². The van der Waals surface area contributed by atoms with Crippen LogP contribution in [0.4, 0.5) is 0 Å². The minimum absolute atomic E-state index is 0.0361. The molecule has 48 heavy (non-hydrogen) atoms. The lowest BCUT2D eigenvalue weighted by Gasteiger charge is -2.68.